The van der Waals surface area contributed by atoms with Crippen LogP contribution in [0.5, 0.6) is 5.75 Å². The molecule has 2 aromatic rings. The molecule has 0 unspecified atom stereocenters. The molecule has 0 bridgehead atoms. The van der Waals surface area contributed by atoms with Crippen LogP contribution in [0.4, 0.5) is 5.69 Å². The molecule has 2 aliphatic rings. The van der Waals surface area contributed by atoms with Gasteiger partial charge in [-0.25, -0.2) is 0 Å². The first kappa shape index (κ1) is 17.1. The van der Waals surface area contributed by atoms with E-state index in [0.29, 0.717) is 12.6 Å². The van der Waals surface area contributed by atoms with Crippen LogP contribution in [0, 0.1) is 0 Å². The van der Waals surface area contributed by atoms with Gasteiger partial charge in [0.05, 0.1) is 13.7 Å². The molecule has 0 spiro atoms. The number of benzene rings is 2. The summed E-state index contributed by atoms with van der Waals surface area (Å²) in [5.41, 5.74) is 4.96. The van der Waals surface area contributed by atoms with Crippen molar-refractivity contribution in [2.75, 3.05) is 19.0 Å². The normalized spacial score (nSPS) is 15.8. The zero-order valence-electron chi connectivity index (χ0n) is 15.3. The Bertz CT molecular complexity index is 781. The van der Waals surface area contributed by atoms with Crippen molar-refractivity contribution in [3.05, 3.63) is 59.2 Å². The largest absolute Gasteiger partial charge is 0.497 e. The summed E-state index contributed by atoms with van der Waals surface area (Å²) in [6.07, 6.45) is 5.89. The monoisotopic (exact) mass is 350 g/mol. The number of nitrogens with zero attached hydrogens (tertiary/aromatic N) is 1. The number of amides is 1. The van der Waals surface area contributed by atoms with E-state index in [-0.39, 0.29) is 5.91 Å². The van der Waals surface area contributed by atoms with E-state index < -0.39 is 0 Å². The minimum absolute atomic E-state index is 0.0726. The van der Waals surface area contributed by atoms with Gasteiger partial charge in [-0.3, -0.25) is 9.69 Å². The lowest BCUT2D eigenvalue weighted by Gasteiger charge is -2.21. The number of ether oxygens (including phenoxy) is 1. The fraction of sp³-hybridized carbons (Fsp3) is 0.409. The second-order valence-electron chi connectivity index (χ2n) is 7.37. The summed E-state index contributed by atoms with van der Waals surface area (Å²) in [7, 11) is 1.68. The van der Waals surface area contributed by atoms with Gasteiger partial charge in [-0.2, -0.15) is 0 Å². The molecule has 0 atom stereocenters. The molecule has 2 aromatic carbocycles. The second kappa shape index (κ2) is 7.50. The van der Waals surface area contributed by atoms with Crippen LogP contribution in [0.2, 0.25) is 0 Å². The quantitative estimate of drug-likeness (QED) is 0.826. The molecule has 1 saturated carbocycles. The Balaban J connectivity index is 1.37. The minimum atomic E-state index is 0.0726. The zero-order valence-corrected chi connectivity index (χ0v) is 15.3. The highest BCUT2D eigenvalue weighted by molar-refractivity contribution is 5.92. The first-order valence-electron chi connectivity index (χ1n) is 9.50. The Morgan fingerprint density at radius 3 is 2.62 bits per heavy atom. The van der Waals surface area contributed by atoms with Gasteiger partial charge in [-0.1, -0.05) is 18.2 Å². The molecular weight excluding hydrogens is 324 g/mol. The van der Waals surface area contributed by atoms with Gasteiger partial charge in [0, 0.05) is 18.3 Å². The van der Waals surface area contributed by atoms with Gasteiger partial charge in [-0.15, -0.1) is 0 Å². The van der Waals surface area contributed by atoms with Gasteiger partial charge < -0.3 is 10.1 Å². The van der Waals surface area contributed by atoms with E-state index in [9.17, 15) is 4.79 Å². The lowest BCUT2D eigenvalue weighted by Crippen LogP contribution is -2.34. The number of carbonyl (C=O) groups is 1. The number of fused-ring (bicyclic) bond motifs is 1. The van der Waals surface area contributed by atoms with Crippen molar-refractivity contribution in [1.29, 1.82) is 0 Å². The zero-order chi connectivity index (χ0) is 17.9. The van der Waals surface area contributed by atoms with E-state index in [2.05, 4.69) is 34.5 Å². The number of hydrogen-bond donors (Lipinski definition) is 1. The maximum absolute atomic E-state index is 12.6. The lowest BCUT2D eigenvalue weighted by atomic mass is 10.1. The molecule has 1 fully saturated rings. The van der Waals surface area contributed by atoms with E-state index in [1.807, 2.05) is 18.2 Å². The lowest BCUT2D eigenvalue weighted by molar-refractivity contribution is -0.117. The fourth-order valence-electron chi connectivity index (χ4n) is 3.75. The topological polar surface area (TPSA) is 41.6 Å². The van der Waals surface area contributed by atoms with Crippen molar-refractivity contribution in [2.45, 2.75) is 44.7 Å². The van der Waals surface area contributed by atoms with Gasteiger partial charge >= 0.3 is 0 Å². The predicted octanol–water partition coefficient (Wildman–Crippen LogP) is 3.79. The molecule has 4 heteroatoms. The third-order valence-corrected chi connectivity index (χ3v) is 5.34. The Morgan fingerprint density at radius 2 is 1.88 bits per heavy atom. The van der Waals surface area contributed by atoms with Crippen LogP contribution in [-0.2, 0) is 24.2 Å². The first-order valence-corrected chi connectivity index (χ1v) is 9.50. The number of aryl methyl sites for hydroxylation is 2. The summed E-state index contributed by atoms with van der Waals surface area (Å²) >= 11 is 0. The van der Waals surface area contributed by atoms with Crippen LogP contribution in [-0.4, -0.2) is 30.5 Å². The number of hydrogen-bond acceptors (Lipinski definition) is 3. The molecule has 1 N–H and O–H groups in total. The van der Waals surface area contributed by atoms with Crippen molar-refractivity contribution in [2.24, 2.45) is 0 Å². The van der Waals surface area contributed by atoms with Crippen molar-refractivity contribution in [1.82, 2.24) is 4.90 Å². The first-order chi connectivity index (χ1) is 12.7. The maximum Gasteiger partial charge on any atom is 0.238 e. The SMILES string of the molecule is COc1ccc(CN(CC(=O)Nc2ccc3c(c2)CCC3)C2CC2)cc1. The highest BCUT2D eigenvalue weighted by Gasteiger charge is 2.30. The second-order valence-corrected chi connectivity index (χ2v) is 7.37. The van der Waals surface area contributed by atoms with Crippen LogP contribution in [0.3, 0.4) is 0 Å². The van der Waals surface area contributed by atoms with Crippen LogP contribution in [0.25, 0.3) is 0 Å². The van der Waals surface area contributed by atoms with E-state index in [4.69, 9.17) is 4.74 Å². The molecule has 0 aromatic heterocycles. The molecule has 0 saturated heterocycles. The van der Waals surface area contributed by atoms with E-state index in [1.54, 1.807) is 7.11 Å². The van der Waals surface area contributed by atoms with E-state index in [0.717, 1.165) is 24.4 Å². The van der Waals surface area contributed by atoms with Gasteiger partial charge in [0.15, 0.2) is 0 Å². The molecule has 136 valence electrons. The van der Waals surface area contributed by atoms with Crippen LogP contribution >= 0.6 is 0 Å². The molecule has 4 rings (SSSR count). The molecule has 26 heavy (non-hydrogen) atoms. The molecule has 4 nitrogen and oxygen atoms in total. The van der Waals surface area contributed by atoms with Gasteiger partial charge in [0.2, 0.25) is 5.91 Å². The molecule has 0 radical (unpaired) electrons. The number of carbonyl (C=O) groups excluding carboxylic acids is 1. The Kier molecular flexibility index (Phi) is 4.93. The number of methoxy groups -OCH3 is 1. The summed E-state index contributed by atoms with van der Waals surface area (Å²) in [6.45, 7) is 1.24. The summed E-state index contributed by atoms with van der Waals surface area (Å²) in [5, 5.41) is 3.09. The fourth-order valence-corrected chi connectivity index (χ4v) is 3.75. The molecule has 0 heterocycles. The molecule has 0 aliphatic heterocycles. The Labute approximate surface area is 155 Å². The molecular formula is C22H26N2O2. The number of anilines is 1. The third kappa shape index (κ3) is 4.07. The average molecular weight is 350 g/mol. The summed E-state index contributed by atoms with van der Waals surface area (Å²) < 4.78 is 5.22. The smallest absolute Gasteiger partial charge is 0.238 e. The van der Waals surface area contributed by atoms with Gasteiger partial charge in [-0.05, 0) is 73.1 Å². The van der Waals surface area contributed by atoms with Crippen molar-refractivity contribution < 1.29 is 9.53 Å². The Morgan fingerprint density at radius 1 is 1.12 bits per heavy atom. The van der Waals surface area contributed by atoms with Crippen molar-refractivity contribution in [3.63, 3.8) is 0 Å². The number of nitrogens with one attached hydrogen (secondary N) is 1. The van der Waals surface area contributed by atoms with Crippen LogP contribution in [0.15, 0.2) is 42.5 Å². The average Bonchev–Trinajstić information content (AvgIpc) is 3.40. The minimum Gasteiger partial charge on any atom is -0.497 e. The van der Waals surface area contributed by atoms with Gasteiger partial charge in [0.1, 0.15) is 5.75 Å². The van der Waals surface area contributed by atoms with Crippen LogP contribution < -0.4 is 10.1 Å². The summed E-state index contributed by atoms with van der Waals surface area (Å²) in [4.78, 5) is 14.9. The van der Waals surface area contributed by atoms with Crippen molar-refractivity contribution >= 4 is 11.6 Å². The van der Waals surface area contributed by atoms with Gasteiger partial charge in [0.25, 0.3) is 0 Å². The molecule has 1 amide bonds. The highest BCUT2D eigenvalue weighted by atomic mass is 16.5. The van der Waals surface area contributed by atoms with E-state index >= 15 is 0 Å². The predicted molar refractivity (Wildman–Crippen MR) is 104 cm³/mol. The number of rotatable bonds is 7. The highest BCUT2D eigenvalue weighted by Crippen LogP contribution is 2.29. The summed E-state index contributed by atoms with van der Waals surface area (Å²) in [5.74, 6) is 0.935. The standard InChI is InChI=1S/C22H26N2O2/c1-26-21-11-5-16(6-12-21)14-24(20-9-10-20)15-22(25)23-19-8-7-17-3-2-4-18(17)13-19/h5-8,11-13,20H,2-4,9-10,14-15H2,1H3,(H,23,25). The molecule has 2 aliphatic carbocycles. The van der Waals surface area contributed by atoms with E-state index in [1.165, 1.54) is 42.4 Å². The summed E-state index contributed by atoms with van der Waals surface area (Å²) in [6, 6.07) is 15.0. The Hall–Kier alpha value is -2.33. The van der Waals surface area contributed by atoms with Crippen LogP contribution in [0.1, 0.15) is 36.0 Å². The maximum atomic E-state index is 12.6. The third-order valence-electron chi connectivity index (χ3n) is 5.34. The van der Waals surface area contributed by atoms with Crippen molar-refractivity contribution in [3.8, 4) is 5.75 Å².